The number of benzene rings is 2. The average Bonchev–Trinajstić information content (AvgIpc) is 3.42. The van der Waals surface area contributed by atoms with E-state index in [2.05, 4.69) is 22.2 Å². The van der Waals surface area contributed by atoms with E-state index < -0.39 is 10.0 Å². The van der Waals surface area contributed by atoms with Crippen LogP contribution in [0.1, 0.15) is 41.3 Å². The largest absolute Gasteiger partial charge is 0.351 e. The van der Waals surface area contributed by atoms with Gasteiger partial charge in [0.25, 0.3) is 5.91 Å². The van der Waals surface area contributed by atoms with Gasteiger partial charge >= 0.3 is 0 Å². The molecule has 1 amide bonds. The van der Waals surface area contributed by atoms with E-state index in [0.29, 0.717) is 18.7 Å². The Morgan fingerprint density at radius 3 is 2.42 bits per heavy atom. The molecule has 1 aliphatic carbocycles. The number of nitrogens with one attached hydrogen (secondary N) is 2. The Bertz CT molecular complexity index is 904. The van der Waals surface area contributed by atoms with E-state index in [4.69, 9.17) is 0 Å². The second-order valence-electron chi connectivity index (χ2n) is 6.81. The van der Waals surface area contributed by atoms with Gasteiger partial charge in [-0.05, 0) is 43.0 Å². The van der Waals surface area contributed by atoms with Gasteiger partial charge in [-0.2, -0.15) is 0 Å². The Hall–Kier alpha value is -2.18. The van der Waals surface area contributed by atoms with Crippen LogP contribution in [0.15, 0.2) is 53.4 Å². The fourth-order valence-electron chi connectivity index (χ4n) is 3.14. The van der Waals surface area contributed by atoms with Crippen molar-refractivity contribution in [1.82, 2.24) is 10.0 Å². The van der Waals surface area contributed by atoms with Crippen molar-refractivity contribution in [1.29, 1.82) is 0 Å². The summed E-state index contributed by atoms with van der Waals surface area (Å²) in [5.41, 5.74) is 2.40. The third-order valence-electron chi connectivity index (χ3n) is 4.93. The number of carbonyl (C=O) groups excluding carboxylic acids is 1. The maximum absolute atomic E-state index is 12.7. The van der Waals surface area contributed by atoms with E-state index in [1.807, 2.05) is 25.1 Å². The molecular weight excluding hydrogens is 348 g/mol. The van der Waals surface area contributed by atoms with Crippen molar-refractivity contribution in [3.05, 3.63) is 65.2 Å². The average molecular weight is 372 g/mol. The van der Waals surface area contributed by atoms with Crippen molar-refractivity contribution in [2.24, 2.45) is 0 Å². The molecule has 0 bridgehead atoms. The molecule has 1 saturated carbocycles. The molecule has 26 heavy (non-hydrogen) atoms. The number of rotatable bonds is 7. The van der Waals surface area contributed by atoms with Gasteiger partial charge in [-0.1, -0.05) is 43.3 Å². The summed E-state index contributed by atoms with van der Waals surface area (Å²) in [6.45, 7) is 4.39. The minimum absolute atomic E-state index is 0.0122. The summed E-state index contributed by atoms with van der Waals surface area (Å²) in [5, 5.41) is 3.00. The Morgan fingerprint density at radius 2 is 1.81 bits per heavy atom. The van der Waals surface area contributed by atoms with Crippen LogP contribution in [0.2, 0.25) is 0 Å². The van der Waals surface area contributed by atoms with Gasteiger partial charge in [-0.3, -0.25) is 4.79 Å². The van der Waals surface area contributed by atoms with E-state index in [1.54, 1.807) is 13.0 Å². The van der Waals surface area contributed by atoms with Gasteiger partial charge in [-0.25, -0.2) is 13.1 Å². The lowest BCUT2D eigenvalue weighted by molar-refractivity contribution is 0.0949. The maximum atomic E-state index is 12.7. The van der Waals surface area contributed by atoms with Gasteiger partial charge < -0.3 is 5.32 Å². The Kier molecular flexibility index (Phi) is 5.16. The van der Waals surface area contributed by atoms with Gasteiger partial charge in [0, 0.05) is 24.1 Å². The molecular formula is C20H24N2O3S. The molecule has 0 saturated heterocycles. The van der Waals surface area contributed by atoms with Crippen LogP contribution in [0.3, 0.4) is 0 Å². The number of hydrogen-bond donors (Lipinski definition) is 2. The number of carbonyl (C=O) groups is 1. The summed E-state index contributed by atoms with van der Waals surface area (Å²) in [6, 6.07) is 14.8. The smallest absolute Gasteiger partial charge is 0.251 e. The molecule has 2 aromatic rings. The summed E-state index contributed by atoms with van der Waals surface area (Å²) in [4.78, 5) is 12.8. The SMILES string of the molecule is CCNS(=O)(=O)c1ccc(C)c(C(=O)NCC2(c3ccccc3)CC2)c1. The van der Waals surface area contributed by atoms with Crippen molar-refractivity contribution in [2.45, 2.75) is 37.0 Å². The van der Waals surface area contributed by atoms with Gasteiger partial charge in [0.15, 0.2) is 0 Å². The predicted octanol–water partition coefficient (Wildman–Crippen LogP) is 2.75. The van der Waals surface area contributed by atoms with E-state index in [1.165, 1.54) is 17.7 Å². The monoisotopic (exact) mass is 372 g/mol. The highest BCUT2D eigenvalue weighted by Gasteiger charge is 2.44. The van der Waals surface area contributed by atoms with Crippen LogP contribution in [-0.2, 0) is 15.4 Å². The summed E-state index contributed by atoms with van der Waals surface area (Å²) in [7, 11) is -3.59. The van der Waals surface area contributed by atoms with Crippen LogP contribution in [0, 0.1) is 6.92 Å². The van der Waals surface area contributed by atoms with E-state index >= 15 is 0 Å². The van der Waals surface area contributed by atoms with Crippen LogP contribution < -0.4 is 10.0 Å². The van der Waals surface area contributed by atoms with Gasteiger partial charge in [0.1, 0.15) is 0 Å². The molecule has 5 nitrogen and oxygen atoms in total. The fourth-order valence-corrected chi connectivity index (χ4v) is 4.21. The van der Waals surface area contributed by atoms with E-state index in [9.17, 15) is 13.2 Å². The first-order chi connectivity index (χ1) is 12.4. The summed E-state index contributed by atoms with van der Waals surface area (Å²) >= 11 is 0. The zero-order valence-corrected chi connectivity index (χ0v) is 15.9. The van der Waals surface area contributed by atoms with Gasteiger partial charge in [0.2, 0.25) is 10.0 Å². The lowest BCUT2D eigenvalue weighted by atomic mass is 9.96. The van der Waals surface area contributed by atoms with E-state index in [0.717, 1.165) is 18.4 Å². The Labute approximate surface area is 154 Å². The number of hydrogen-bond acceptors (Lipinski definition) is 3. The standard InChI is InChI=1S/C20H24N2O3S/c1-3-22-26(24,25)17-10-9-15(2)18(13-17)19(23)21-14-20(11-12-20)16-7-5-4-6-8-16/h4-10,13,22H,3,11-12,14H2,1-2H3,(H,21,23). The molecule has 0 radical (unpaired) electrons. The molecule has 2 aromatic carbocycles. The molecule has 0 heterocycles. The predicted molar refractivity (Wildman–Crippen MR) is 102 cm³/mol. The molecule has 3 rings (SSSR count). The Balaban J connectivity index is 1.76. The minimum atomic E-state index is -3.59. The summed E-state index contributed by atoms with van der Waals surface area (Å²) < 4.78 is 26.8. The van der Waals surface area contributed by atoms with Crippen LogP contribution in [0.25, 0.3) is 0 Å². The van der Waals surface area contributed by atoms with Crippen molar-refractivity contribution in [2.75, 3.05) is 13.1 Å². The number of amides is 1. The van der Waals surface area contributed by atoms with Crippen LogP contribution in [0.5, 0.6) is 0 Å². The molecule has 1 aliphatic rings. The van der Waals surface area contributed by atoms with Crippen LogP contribution in [0.4, 0.5) is 0 Å². The zero-order chi connectivity index (χ0) is 18.8. The summed E-state index contributed by atoms with van der Waals surface area (Å²) in [6.07, 6.45) is 2.09. The second kappa shape index (κ2) is 7.21. The maximum Gasteiger partial charge on any atom is 0.251 e. The second-order valence-corrected chi connectivity index (χ2v) is 8.57. The molecule has 6 heteroatoms. The molecule has 2 N–H and O–H groups in total. The molecule has 0 atom stereocenters. The third-order valence-corrected chi connectivity index (χ3v) is 6.47. The highest BCUT2D eigenvalue weighted by atomic mass is 32.2. The lowest BCUT2D eigenvalue weighted by Gasteiger charge is -2.17. The van der Waals surface area contributed by atoms with Gasteiger partial charge in [0.05, 0.1) is 4.90 Å². The van der Waals surface area contributed by atoms with Crippen molar-refractivity contribution in [3.8, 4) is 0 Å². The van der Waals surface area contributed by atoms with Crippen molar-refractivity contribution in [3.63, 3.8) is 0 Å². The van der Waals surface area contributed by atoms with Gasteiger partial charge in [-0.15, -0.1) is 0 Å². The van der Waals surface area contributed by atoms with Crippen LogP contribution in [-0.4, -0.2) is 27.4 Å². The quantitative estimate of drug-likeness (QED) is 0.785. The van der Waals surface area contributed by atoms with E-state index in [-0.39, 0.29) is 16.2 Å². The molecule has 138 valence electrons. The molecule has 0 aromatic heterocycles. The molecule has 0 unspecified atom stereocenters. The third kappa shape index (κ3) is 3.81. The topological polar surface area (TPSA) is 75.3 Å². The first-order valence-electron chi connectivity index (χ1n) is 8.82. The number of aryl methyl sites for hydroxylation is 1. The van der Waals surface area contributed by atoms with Crippen molar-refractivity contribution >= 4 is 15.9 Å². The first kappa shape index (κ1) is 18.6. The molecule has 1 fully saturated rings. The minimum Gasteiger partial charge on any atom is -0.351 e. The first-order valence-corrected chi connectivity index (χ1v) is 10.3. The normalized spacial score (nSPS) is 15.5. The van der Waals surface area contributed by atoms with Crippen molar-refractivity contribution < 1.29 is 13.2 Å². The zero-order valence-electron chi connectivity index (χ0n) is 15.1. The lowest BCUT2D eigenvalue weighted by Crippen LogP contribution is -2.33. The molecule has 0 aliphatic heterocycles. The Morgan fingerprint density at radius 1 is 1.12 bits per heavy atom. The summed E-state index contributed by atoms with van der Waals surface area (Å²) in [5.74, 6) is -0.238. The molecule has 0 spiro atoms. The number of sulfonamides is 1. The fraction of sp³-hybridized carbons (Fsp3) is 0.350. The van der Waals surface area contributed by atoms with Crippen LogP contribution >= 0.6 is 0 Å². The highest BCUT2D eigenvalue weighted by molar-refractivity contribution is 7.89. The highest BCUT2D eigenvalue weighted by Crippen LogP contribution is 2.47.